The van der Waals surface area contributed by atoms with Crippen LogP contribution in [-0.4, -0.2) is 44.5 Å². The van der Waals surface area contributed by atoms with Crippen molar-refractivity contribution >= 4 is 29.1 Å². The maximum atomic E-state index is 12.3. The number of aromatic nitrogens is 3. The molecule has 0 aliphatic carbocycles. The lowest BCUT2D eigenvalue weighted by molar-refractivity contribution is -0.113. The molecule has 1 aromatic heterocycles. The molecule has 0 spiro atoms. The fourth-order valence-electron chi connectivity index (χ4n) is 2.81. The van der Waals surface area contributed by atoms with Crippen molar-refractivity contribution in [3.63, 3.8) is 0 Å². The number of nitrogens with one attached hydrogen (secondary N) is 1. The van der Waals surface area contributed by atoms with Gasteiger partial charge in [0.2, 0.25) is 5.91 Å². The van der Waals surface area contributed by atoms with Crippen molar-refractivity contribution in [2.45, 2.75) is 25.5 Å². The van der Waals surface area contributed by atoms with Gasteiger partial charge in [0.25, 0.3) is 0 Å². The zero-order valence-electron chi connectivity index (χ0n) is 17.0. The van der Waals surface area contributed by atoms with Gasteiger partial charge in [0.05, 0.1) is 18.6 Å². The highest BCUT2D eigenvalue weighted by atomic mass is 32.2. The van der Waals surface area contributed by atoms with Gasteiger partial charge in [-0.2, -0.15) is 0 Å². The number of carbonyl (C=O) groups is 1. The van der Waals surface area contributed by atoms with E-state index in [0.717, 1.165) is 22.7 Å². The summed E-state index contributed by atoms with van der Waals surface area (Å²) in [4.78, 5) is 12.3. The summed E-state index contributed by atoms with van der Waals surface area (Å²) < 4.78 is 7.17. The molecule has 30 heavy (non-hydrogen) atoms. The summed E-state index contributed by atoms with van der Waals surface area (Å²) >= 11 is 1.33. The first-order valence-corrected chi connectivity index (χ1v) is 10.3. The Hall–Kier alpha value is -3.33. The van der Waals surface area contributed by atoms with Crippen molar-refractivity contribution in [1.29, 1.82) is 0 Å². The molecule has 0 bridgehead atoms. The van der Waals surface area contributed by atoms with E-state index in [1.54, 1.807) is 38.3 Å². The maximum absolute atomic E-state index is 12.3. The Morgan fingerprint density at radius 1 is 1.17 bits per heavy atom. The standard InChI is InChI=1S/C21H23N5O3S/c1-4-26-20(16-7-11-18(29-3)12-8-16)23-24-21(26)30-13-19(27)22-17-9-5-15(6-10-17)14(2)25-28/h5-12,28H,4,13H2,1-3H3,(H,22,27)/b25-14+. The molecule has 0 fully saturated rings. The molecule has 156 valence electrons. The first-order chi connectivity index (χ1) is 14.5. The number of benzene rings is 2. The van der Waals surface area contributed by atoms with Crippen LogP contribution in [0.3, 0.4) is 0 Å². The lowest BCUT2D eigenvalue weighted by Gasteiger charge is -2.09. The highest BCUT2D eigenvalue weighted by Crippen LogP contribution is 2.25. The Morgan fingerprint density at radius 3 is 2.47 bits per heavy atom. The molecule has 2 N–H and O–H groups in total. The van der Waals surface area contributed by atoms with E-state index in [4.69, 9.17) is 9.94 Å². The normalized spacial score (nSPS) is 11.4. The first-order valence-electron chi connectivity index (χ1n) is 9.35. The zero-order chi connectivity index (χ0) is 21.5. The molecule has 1 amide bonds. The molecule has 3 aromatic rings. The Morgan fingerprint density at radius 2 is 1.87 bits per heavy atom. The number of oxime groups is 1. The molecular formula is C21H23N5O3S. The summed E-state index contributed by atoms with van der Waals surface area (Å²) in [6.07, 6.45) is 0. The fourth-order valence-corrected chi connectivity index (χ4v) is 3.62. The van der Waals surface area contributed by atoms with Crippen LogP contribution in [0.5, 0.6) is 5.75 Å². The number of carbonyl (C=O) groups excluding carboxylic acids is 1. The Bertz CT molecular complexity index is 1030. The minimum Gasteiger partial charge on any atom is -0.497 e. The molecule has 0 atom stereocenters. The van der Waals surface area contributed by atoms with Crippen LogP contribution in [0.15, 0.2) is 58.8 Å². The minimum atomic E-state index is -0.142. The van der Waals surface area contributed by atoms with E-state index in [-0.39, 0.29) is 11.7 Å². The first kappa shape index (κ1) is 21.4. The smallest absolute Gasteiger partial charge is 0.234 e. The second kappa shape index (κ2) is 9.93. The summed E-state index contributed by atoms with van der Waals surface area (Å²) in [6, 6.07) is 14.7. The molecule has 9 heteroatoms. The molecule has 2 aromatic carbocycles. The Kier molecular flexibility index (Phi) is 7.08. The minimum absolute atomic E-state index is 0.142. The number of methoxy groups -OCH3 is 1. The van der Waals surface area contributed by atoms with Crippen molar-refractivity contribution < 1.29 is 14.7 Å². The molecule has 0 saturated heterocycles. The fraction of sp³-hybridized carbons (Fsp3) is 0.238. The van der Waals surface area contributed by atoms with Crippen LogP contribution >= 0.6 is 11.8 Å². The maximum Gasteiger partial charge on any atom is 0.234 e. The average molecular weight is 426 g/mol. The Balaban J connectivity index is 1.64. The third kappa shape index (κ3) is 4.98. The third-order valence-electron chi connectivity index (χ3n) is 4.45. The van der Waals surface area contributed by atoms with Crippen LogP contribution in [0.25, 0.3) is 11.4 Å². The van der Waals surface area contributed by atoms with Crippen LogP contribution in [0, 0.1) is 0 Å². The summed E-state index contributed by atoms with van der Waals surface area (Å²) in [5.74, 6) is 1.59. The third-order valence-corrected chi connectivity index (χ3v) is 5.42. The number of hydrogen-bond donors (Lipinski definition) is 2. The predicted octanol–water partition coefficient (Wildman–Crippen LogP) is 3.90. The number of rotatable bonds is 8. The van der Waals surface area contributed by atoms with Gasteiger partial charge in [-0.05, 0) is 55.8 Å². The van der Waals surface area contributed by atoms with Crippen LogP contribution in [0.2, 0.25) is 0 Å². The van der Waals surface area contributed by atoms with E-state index in [2.05, 4.69) is 20.7 Å². The second-order valence-electron chi connectivity index (χ2n) is 6.38. The lowest BCUT2D eigenvalue weighted by Crippen LogP contribution is -2.14. The largest absolute Gasteiger partial charge is 0.497 e. The van der Waals surface area contributed by atoms with Gasteiger partial charge in [0.15, 0.2) is 11.0 Å². The van der Waals surface area contributed by atoms with Crippen LogP contribution < -0.4 is 10.1 Å². The number of anilines is 1. The van der Waals surface area contributed by atoms with Gasteiger partial charge in [-0.3, -0.25) is 4.79 Å². The summed E-state index contributed by atoms with van der Waals surface area (Å²) in [5.41, 5.74) is 2.90. The number of amides is 1. The second-order valence-corrected chi connectivity index (χ2v) is 7.32. The molecule has 0 unspecified atom stereocenters. The monoisotopic (exact) mass is 425 g/mol. The van der Waals surface area contributed by atoms with Gasteiger partial charge in [-0.15, -0.1) is 10.2 Å². The van der Waals surface area contributed by atoms with Crippen LogP contribution in [0.4, 0.5) is 5.69 Å². The van der Waals surface area contributed by atoms with Gasteiger partial charge >= 0.3 is 0 Å². The van der Waals surface area contributed by atoms with Crippen molar-refractivity contribution in [2.24, 2.45) is 5.16 Å². The molecule has 0 aliphatic rings. The lowest BCUT2D eigenvalue weighted by atomic mass is 10.1. The quantitative estimate of drug-likeness (QED) is 0.246. The van der Waals surface area contributed by atoms with Crippen LogP contribution in [0.1, 0.15) is 19.4 Å². The predicted molar refractivity (Wildman–Crippen MR) is 117 cm³/mol. The molecule has 8 nitrogen and oxygen atoms in total. The molecule has 0 aliphatic heterocycles. The van der Waals surface area contributed by atoms with E-state index in [9.17, 15) is 4.79 Å². The van der Waals surface area contributed by atoms with Crippen molar-refractivity contribution in [3.05, 3.63) is 54.1 Å². The van der Waals surface area contributed by atoms with E-state index in [0.29, 0.717) is 23.1 Å². The summed E-state index contributed by atoms with van der Waals surface area (Å²) in [6.45, 7) is 4.40. The molecule has 0 saturated carbocycles. The SMILES string of the molecule is CCn1c(SCC(=O)Nc2ccc(/C(C)=N/O)cc2)nnc1-c1ccc(OC)cc1. The summed E-state index contributed by atoms with van der Waals surface area (Å²) in [5, 5.41) is 24.1. The molecule has 1 heterocycles. The van der Waals surface area contributed by atoms with Gasteiger partial charge < -0.3 is 19.8 Å². The molecule has 0 radical (unpaired) electrons. The van der Waals surface area contributed by atoms with E-state index in [1.165, 1.54) is 11.8 Å². The summed E-state index contributed by atoms with van der Waals surface area (Å²) in [7, 11) is 1.63. The topological polar surface area (TPSA) is 102 Å². The zero-order valence-corrected chi connectivity index (χ0v) is 17.8. The van der Waals surface area contributed by atoms with Gasteiger partial charge in [-0.25, -0.2) is 0 Å². The highest BCUT2D eigenvalue weighted by molar-refractivity contribution is 7.99. The highest BCUT2D eigenvalue weighted by Gasteiger charge is 2.15. The van der Waals surface area contributed by atoms with Gasteiger partial charge in [0.1, 0.15) is 5.75 Å². The van der Waals surface area contributed by atoms with E-state index in [1.807, 2.05) is 35.8 Å². The van der Waals surface area contributed by atoms with Gasteiger partial charge in [-0.1, -0.05) is 29.1 Å². The van der Waals surface area contributed by atoms with Crippen molar-refractivity contribution in [3.8, 4) is 17.1 Å². The number of hydrogen-bond acceptors (Lipinski definition) is 7. The number of thioether (sulfide) groups is 1. The Labute approximate surface area is 179 Å². The van der Waals surface area contributed by atoms with Crippen molar-refractivity contribution in [2.75, 3.05) is 18.2 Å². The van der Waals surface area contributed by atoms with Crippen LogP contribution in [-0.2, 0) is 11.3 Å². The number of ether oxygens (including phenoxy) is 1. The van der Waals surface area contributed by atoms with Crippen molar-refractivity contribution in [1.82, 2.24) is 14.8 Å². The van der Waals surface area contributed by atoms with Gasteiger partial charge in [0, 0.05) is 17.8 Å². The van der Waals surface area contributed by atoms with E-state index < -0.39 is 0 Å². The molecular weight excluding hydrogens is 402 g/mol. The number of nitrogens with zero attached hydrogens (tertiary/aromatic N) is 4. The molecule has 3 rings (SSSR count). The average Bonchev–Trinajstić information content (AvgIpc) is 3.20. The van der Waals surface area contributed by atoms with E-state index >= 15 is 0 Å².